The molecule has 2 heterocycles. The van der Waals surface area contributed by atoms with E-state index in [1.807, 2.05) is 42.5 Å². The molecule has 1 amide bonds. The number of nitrogens with zero attached hydrogens (tertiary/aromatic N) is 3. The molecule has 33 heavy (non-hydrogen) atoms. The van der Waals surface area contributed by atoms with Crippen molar-refractivity contribution >= 4 is 33.0 Å². The van der Waals surface area contributed by atoms with Crippen LogP contribution in [0.15, 0.2) is 53.4 Å². The van der Waals surface area contributed by atoms with Crippen LogP contribution >= 0.6 is 11.3 Å². The third-order valence-corrected chi connectivity index (χ3v) is 9.30. The van der Waals surface area contributed by atoms with Gasteiger partial charge in [-0.3, -0.25) is 4.79 Å². The molecule has 2 aliphatic rings. The highest BCUT2D eigenvalue weighted by atomic mass is 32.2. The standard InChI is InChI=1S/C24H26N4O3S2/c29-22(25-20-10-2-1-3-11-20)24-27-26-23(32-24)19-9-6-14-28(16-19)33(30,31)21-13-12-17-7-4-5-8-18(17)15-21/h1-3,10-13,15,19H,4-9,14,16H2,(H,25,29)/t19-/m0/s1. The number of fused-ring (bicyclic) bond motifs is 1. The second kappa shape index (κ2) is 9.32. The number of hydrogen-bond acceptors (Lipinski definition) is 6. The molecule has 1 atom stereocenters. The van der Waals surface area contributed by atoms with Crippen LogP contribution in [0.4, 0.5) is 5.69 Å². The van der Waals surface area contributed by atoms with E-state index in [0.29, 0.717) is 28.7 Å². The first kappa shape index (κ1) is 22.2. The van der Waals surface area contributed by atoms with E-state index in [4.69, 9.17) is 0 Å². The lowest BCUT2D eigenvalue weighted by Gasteiger charge is -2.31. The van der Waals surface area contributed by atoms with Crippen molar-refractivity contribution in [2.45, 2.75) is 49.3 Å². The van der Waals surface area contributed by atoms with Crippen LogP contribution in [0.1, 0.15) is 57.5 Å². The van der Waals surface area contributed by atoms with E-state index in [9.17, 15) is 13.2 Å². The minimum Gasteiger partial charge on any atom is -0.320 e. The minimum atomic E-state index is -3.58. The molecule has 0 radical (unpaired) electrons. The van der Waals surface area contributed by atoms with Gasteiger partial charge in [-0.1, -0.05) is 35.6 Å². The van der Waals surface area contributed by atoms with Crippen molar-refractivity contribution in [2.75, 3.05) is 18.4 Å². The van der Waals surface area contributed by atoms with E-state index in [-0.39, 0.29) is 16.8 Å². The summed E-state index contributed by atoms with van der Waals surface area (Å²) in [6, 6.07) is 14.8. The quantitative estimate of drug-likeness (QED) is 0.587. The van der Waals surface area contributed by atoms with Crippen molar-refractivity contribution < 1.29 is 13.2 Å². The van der Waals surface area contributed by atoms with Gasteiger partial charge < -0.3 is 5.32 Å². The molecular weight excluding hydrogens is 456 g/mol. The second-order valence-corrected chi connectivity index (χ2v) is 11.6. The number of para-hydroxylation sites is 1. The summed E-state index contributed by atoms with van der Waals surface area (Å²) in [4.78, 5) is 12.9. The highest BCUT2D eigenvalue weighted by molar-refractivity contribution is 7.89. The molecule has 3 aromatic rings. The maximum Gasteiger partial charge on any atom is 0.286 e. The number of benzene rings is 2. The number of aromatic nitrogens is 2. The van der Waals surface area contributed by atoms with Crippen molar-refractivity contribution in [1.29, 1.82) is 0 Å². The van der Waals surface area contributed by atoms with E-state index in [0.717, 1.165) is 37.7 Å². The number of piperidine rings is 1. The SMILES string of the molecule is O=C(Nc1ccccc1)c1nnc([C@H]2CCCN(S(=O)(=O)c3ccc4c(c3)CCCC4)C2)s1. The van der Waals surface area contributed by atoms with E-state index in [1.165, 1.54) is 23.3 Å². The molecule has 1 fully saturated rings. The van der Waals surface area contributed by atoms with Crippen LogP contribution in [0.5, 0.6) is 0 Å². The molecule has 1 saturated heterocycles. The number of hydrogen-bond donors (Lipinski definition) is 1. The Morgan fingerprint density at radius 2 is 1.79 bits per heavy atom. The van der Waals surface area contributed by atoms with Gasteiger partial charge in [-0.25, -0.2) is 8.42 Å². The fourth-order valence-electron chi connectivity index (χ4n) is 4.58. The first-order valence-corrected chi connectivity index (χ1v) is 13.6. The van der Waals surface area contributed by atoms with Gasteiger partial charge in [-0.15, -0.1) is 10.2 Å². The van der Waals surface area contributed by atoms with Crippen LogP contribution in [0.2, 0.25) is 0 Å². The number of carbonyl (C=O) groups excluding carboxylic acids is 1. The van der Waals surface area contributed by atoms with Crippen LogP contribution in [-0.4, -0.2) is 41.9 Å². The third-order valence-electron chi connectivity index (χ3n) is 6.36. The smallest absolute Gasteiger partial charge is 0.286 e. The Morgan fingerprint density at radius 3 is 2.61 bits per heavy atom. The van der Waals surface area contributed by atoms with Crippen LogP contribution in [0.25, 0.3) is 0 Å². The Kier molecular flexibility index (Phi) is 6.27. The average molecular weight is 483 g/mol. The Labute approximate surface area is 197 Å². The summed E-state index contributed by atoms with van der Waals surface area (Å²) in [6.07, 6.45) is 5.82. The number of amides is 1. The summed E-state index contributed by atoms with van der Waals surface area (Å²) in [6.45, 7) is 0.852. The van der Waals surface area contributed by atoms with Crippen LogP contribution in [-0.2, 0) is 22.9 Å². The monoisotopic (exact) mass is 482 g/mol. The predicted molar refractivity (Wildman–Crippen MR) is 128 cm³/mol. The summed E-state index contributed by atoms with van der Waals surface area (Å²) in [5.41, 5.74) is 3.13. The Balaban J connectivity index is 1.30. The highest BCUT2D eigenvalue weighted by Crippen LogP contribution is 2.33. The Hall–Kier alpha value is -2.62. The molecule has 0 bridgehead atoms. The summed E-state index contributed by atoms with van der Waals surface area (Å²) < 4.78 is 28.4. The summed E-state index contributed by atoms with van der Waals surface area (Å²) in [5.74, 6) is -0.374. The first-order valence-electron chi connectivity index (χ1n) is 11.3. The van der Waals surface area contributed by atoms with Gasteiger partial charge >= 0.3 is 0 Å². The molecule has 1 aliphatic heterocycles. The molecule has 1 aliphatic carbocycles. The lowest BCUT2D eigenvalue weighted by atomic mass is 9.92. The third kappa shape index (κ3) is 4.71. The van der Waals surface area contributed by atoms with Crippen molar-refractivity contribution in [1.82, 2.24) is 14.5 Å². The van der Waals surface area contributed by atoms with Crippen LogP contribution in [0, 0.1) is 0 Å². The summed E-state index contributed by atoms with van der Waals surface area (Å²) in [5, 5.41) is 12.1. The van der Waals surface area contributed by atoms with Crippen molar-refractivity contribution in [3.63, 3.8) is 0 Å². The molecule has 172 valence electrons. The molecule has 1 aromatic heterocycles. The average Bonchev–Trinajstić information content (AvgIpc) is 3.35. The van der Waals surface area contributed by atoms with Crippen molar-refractivity contribution in [3.8, 4) is 0 Å². The lowest BCUT2D eigenvalue weighted by molar-refractivity contribution is 0.102. The van der Waals surface area contributed by atoms with Crippen molar-refractivity contribution in [2.24, 2.45) is 0 Å². The number of carbonyl (C=O) groups is 1. The molecule has 1 N–H and O–H groups in total. The fraction of sp³-hybridized carbons (Fsp3) is 0.375. The van der Waals surface area contributed by atoms with Gasteiger partial charge in [0.1, 0.15) is 5.01 Å². The van der Waals surface area contributed by atoms with E-state index >= 15 is 0 Å². The number of sulfonamides is 1. The highest BCUT2D eigenvalue weighted by Gasteiger charge is 2.33. The number of nitrogens with one attached hydrogen (secondary N) is 1. The topological polar surface area (TPSA) is 92.3 Å². The number of rotatable bonds is 5. The van der Waals surface area contributed by atoms with E-state index in [1.54, 1.807) is 10.4 Å². The van der Waals surface area contributed by atoms with Crippen molar-refractivity contribution in [3.05, 3.63) is 69.7 Å². The predicted octanol–water partition coefficient (Wildman–Crippen LogP) is 4.24. The first-order chi connectivity index (χ1) is 16.0. The van der Waals surface area contributed by atoms with Crippen LogP contribution in [0.3, 0.4) is 0 Å². The normalized spacial score (nSPS) is 19.1. The zero-order chi connectivity index (χ0) is 22.8. The van der Waals surface area contributed by atoms with E-state index in [2.05, 4.69) is 15.5 Å². The number of anilines is 1. The molecular formula is C24H26N4O3S2. The van der Waals surface area contributed by atoms with E-state index < -0.39 is 10.0 Å². The molecule has 0 spiro atoms. The zero-order valence-electron chi connectivity index (χ0n) is 18.2. The molecule has 5 rings (SSSR count). The van der Waals surface area contributed by atoms with Gasteiger partial charge in [0, 0.05) is 24.7 Å². The second-order valence-electron chi connectivity index (χ2n) is 8.61. The maximum absolute atomic E-state index is 13.4. The molecule has 0 unspecified atom stereocenters. The summed E-state index contributed by atoms with van der Waals surface area (Å²) in [7, 11) is -3.58. The molecule has 0 saturated carbocycles. The van der Waals surface area contributed by atoms with Gasteiger partial charge in [-0.2, -0.15) is 4.31 Å². The molecule has 9 heteroatoms. The van der Waals surface area contributed by atoms with Gasteiger partial charge in [0.25, 0.3) is 5.91 Å². The maximum atomic E-state index is 13.4. The lowest BCUT2D eigenvalue weighted by Crippen LogP contribution is -2.39. The van der Waals surface area contributed by atoms with Gasteiger partial charge in [0.05, 0.1) is 4.90 Å². The summed E-state index contributed by atoms with van der Waals surface area (Å²) >= 11 is 1.24. The molecule has 2 aromatic carbocycles. The molecule has 7 nitrogen and oxygen atoms in total. The van der Waals surface area contributed by atoms with Gasteiger partial charge in [-0.05, 0) is 73.9 Å². The minimum absolute atomic E-state index is 0.0677. The zero-order valence-corrected chi connectivity index (χ0v) is 19.9. The van der Waals surface area contributed by atoms with Gasteiger partial charge in [0.15, 0.2) is 0 Å². The Morgan fingerprint density at radius 1 is 1.00 bits per heavy atom. The Bertz CT molecular complexity index is 1260. The van der Waals surface area contributed by atoms with Gasteiger partial charge in [0.2, 0.25) is 15.0 Å². The van der Waals surface area contributed by atoms with Crippen LogP contribution < -0.4 is 5.32 Å². The number of aryl methyl sites for hydroxylation is 2. The fourth-order valence-corrected chi connectivity index (χ4v) is 7.02. The largest absolute Gasteiger partial charge is 0.320 e.